The van der Waals surface area contributed by atoms with E-state index in [1.165, 1.54) is 4.90 Å². The van der Waals surface area contributed by atoms with Crippen molar-refractivity contribution < 1.29 is 4.42 Å². The van der Waals surface area contributed by atoms with E-state index >= 15 is 0 Å². The number of rotatable bonds is 7. The molecule has 1 heterocycles. The number of thioether (sulfide) groups is 1. The Kier molecular flexibility index (Phi) is 6.01. The highest BCUT2D eigenvalue weighted by Gasteiger charge is 2.10. The molecule has 1 atom stereocenters. The molecule has 1 unspecified atom stereocenters. The van der Waals surface area contributed by atoms with Gasteiger partial charge >= 0.3 is 0 Å². The highest BCUT2D eigenvalue weighted by molar-refractivity contribution is 9.10. The monoisotopic (exact) mass is 339 g/mol. The van der Waals surface area contributed by atoms with Gasteiger partial charge in [0.25, 0.3) is 0 Å². The topological polar surface area (TPSA) is 25.2 Å². The van der Waals surface area contributed by atoms with Crippen molar-refractivity contribution in [2.45, 2.75) is 24.3 Å². The van der Waals surface area contributed by atoms with Crippen molar-refractivity contribution in [2.75, 3.05) is 12.3 Å². The Bertz CT molecular complexity index is 469. The third-order valence-corrected chi connectivity index (χ3v) is 4.49. The molecule has 1 aromatic heterocycles. The molecule has 0 bridgehead atoms. The van der Waals surface area contributed by atoms with E-state index in [1.807, 2.05) is 23.9 Å². The molecule has 0 amide bonds. The standard InChI is InChI=1S/C15H18BrNOS/c1-2-17-13(10-14-4-3-9-18-14)11-19-15-7-5-12(16)6-8-15/h3-9,13,17H,2,10-11H2,1H3. The van der Waals surface area contributed by atoms with Gasteiger partial charge in [0.1, 0.15) is 5.76 Å². The quantitative estimate of drug-likeness (QED) is 0.759. The zero-order chi connectivity index (χ0) is 13.5. The number of nitrogens with one attached hydrogen (secondary N) is 1. The first-order valence-corrected chi connectivity index (χ1v) is 8.20. The molecular weight excluding hydrogens is 322 g/mol. The molecule has 2 rings (SSSR count). The Balaban J connectivity index is 1.87. The van der Waals surface area contributed by atoms with Crippen molar-refractivity contribution in [1.82, 2.24) is 5.32 Å². The van der Waals surface area contributed by atoms with Crippen molar-refractivity contribution in [3.05, 3.63) is 52.9 Å². The lowest BCUT2D eigenvalue weighted by atomic mass is 10.2. The van der Waals surface area contributed by atoms with E-state index < -0.39 is 0 Å². The number of likely N-dealkylation sites (N-methyl/N-ethyl adjacent to an activating group) is 1. The van der Waals surface area contributed by atoms with Crippen LogP contribution in [0, 0.1) is 0 Å². The average molecular weight is 340 g/mol. The minimum absolute atomic E-state index is 0.435. The molecule has 0 saturated carbocycles. The van der Waals surface area contributed by atoms with Gasteiger partial charge in [0, 0.05) is 27.6 Å². The van der Waals surface area contributed by atoms with Gasteiger partial charge in [-0.1, -0.05) is 22.9 Å². The fourth-order valence-corrected chi connectivity index (χ4v) is 3.10. The van der Waals surface area contributed by atoms with Crippen LogP contribution in [0.3, 0.4) is 0 Å². The lowest BCUT2D eigenvalue weighted by molar-refractivity contribution is 0.465. The normalized spacial score (nSPS) is 12.5. The Hall–Kier alpha value is -0.710. The number of halogens is 1. The highest BCUT2D eigenvalue weighted by atomic mass is 79.9. The average Bonchev–Trinajstić information content (AvgIpc) is 2.91. The fourth-order valence-electron chi connectivity index (χ4n) is 1.88. The summed E-state index contributed by atoms with van der Waals surface area (Å²) in [6.45, 7) is 3.12. The van der Waals surface area contributed by atoms with Crippen LogP contribution in [0.1, 0.15) is 12.7 Å². The fraction of sp³-hybridized carbons (Fsp3) is 0.333. The summed E-state index contributed by atoms with van der Waals surface area (Å²) in [6.07, 6.45) is 2.67. The molecule has 0 saturated heterocycles. The summed E-state index contributed by atoms with van der Waals surface area (Å²) < 4.78 is 6.54. The number of hydrogen-bond donors (Lipinski definition) is 1. The summed E-state index contributed by atoms with van der Waals surface area (Å²) >= 11 is 5.33. The number of benzene rings is 1. The number of hydrogen-bond acceptors (Lipinski definition) is 3. The maximum atomic E-state index is 5.42. The molecule has 19 heavy (non-hydrogen) atoms. The lowest BCUT2D eigenvalue weighted by Gasteiger charge is -2.16. The van der Waals surface area contributed by atoms with Crippen LogP contribution in [0.4, 0.5) is 0 Å². The molecule has 1 N–H and O–H groups in total. The van der Waals surface area contributed by atoms with Gasteiger partial charge in [0.05, 0.1) is 6.26 Å². The third-order valence-electron chi connectivity index (χ3n) is 2.79. The molecule has 0 aliphatic heterocycles. The summed E-state index contributed by atoms with van der Waals surface area (Å²) in [5, 5.41) is 3.51. The summed E-state index contributed by atoms with van der Waals surface area (Å²) in [5.41, 5.74) is 0. The molecule has 4 heteroatoms. The second kappa shape index (κ2) is 7.78. The molecule has 0 aliphatic rings. The van der Waals surface area contributed by atoms with E-state index in [0.717, 1.165) is 29.0 Å². The van der Waals surface area contributed by atoms with Crippen LogP contribution in [-0.2, 0) is 6.42 Å². The van der Waals surface area contributed by atoms with E-state index in [0.29, 0.717) is 6.04 Å². The van der Waals surface area contributed by atoms with Gasteiger partial charge in [-0.25, -0.2) is 0 Å². The van der Waals surface area contributed by atoms with Crippen LogP contribution in [-0.4, -0.2) is 18.3 Å². The summed E-state index contributed by atoms with van der Waals surface area (Å²) in [4.78, 5) is 1.30. The zero-order valence-corrected chi connectivity index (χ0v) is 13.3. The highest BCUT2D eigenvalue weighted by Crippen LogP contribution is 2.22. The SMILES string of the molecule is CCNC(CSc1ccc(Br)cc1)Cc1ccco1. The first-order chi connectivity index (χ1) is 9.28. The minimum Gasteiger partial charge on any atom is -0.469 e. The van der Waals surface area contributed by atoms with E-state index in [1.54, 1.807) is 6.26 Å². The summed E-state index contributed by atoms with van der Waals surface area (Å²) in [7, 11) is 0. The molecule has 0 spiro atoms. The second-order valence-corrected chi connectivity index (χ2v) is 6.31. The summed E-state index contributed by atoms with van der Waals surface area (Å²) in [5.74, 6) is 2.08. The van der Waals surface area contributed by atoms with Gasteiger partial charge in [0.15, 0.2) is 0 Å². The van der Waals surface area contributed by atoms with Crippen LogP contribution >= 0.6 is 27.7 Å². The molecule has 1 aromatic carbocycles. The Labute approximate surface area is 127 Å². The van der Waals surface area contributed by atoms with Crippen molar-refractivity contribution >= 4 is 27.7 Å². The lowest BCUT2D eigenvalue weighted by Crippen LogP contribution is -2.33. The molecule has 0 radical (unpaired) electrons. The molecule has 2 nitrogen and oxygen atoms in total. The largest absolute Gasteiger partial charge is 0.469 e. The number of furan rings is 1. The van der Waals surface area contributed by atoms with Gasteiger partial charge in [0.2, 0.25) is 0 Å². The maximum Gasteiger partial charge on any atom is 0.105 e. The van der Waals surface area contributed by atoms with Crippen LogP contribution in [0.2, 0.25) is 0 Å². The predicted octanol–water partition coefficient (Wildman–Crippen LogP) is 4.36. The Morgan fingerprint density at radius 3 is 2.68 bits per heavy atom. The second-order valence-electron chi connectivity index (χ2n) is 4.30. The van der Waals surface area contributed by atoms with Gasteiger partial charge in [-0.05, 0) is 42.9 Å². The Morgan fingerprint density at radius 1 is 1.26 bits per heavy atom. The van der Waals surface area contributed by atoms with Gasteiger partial charge in [-0.15, -0.1) is 11.8 Å². The molecule has 0 aliphatic carbocycles. The predicted molar refractivity (Wildman–Crippen MR) is 84.7 cm³/mol. The zero-order valence-electron chi connectivity index (χ0n) is 10.9. The van der Waals surface area contributed by atoms with E-state index in [9.17, 15) is 0 Å². The van der Waals surface area contributed by atoms with Crippen molar-refractivity contribution in [1.29, 1.82) is 0 Å². The molecule has 2 aromatic rings. The van der Waals surface area contributed by atoms with E-state index in [-0.39, 0.29) is 0 Å². The van der Waals surface area contributed by atoms with Crippen molar-refractivity contribution in [3.8, 4) is 0 Å². The van der Waals surface area contributed by atoms with E-state index in [2.05, 4.69) is 52.4 Å². The first-order valence-electron chi connectivity index (χ1n) is 6.42. The van der Waals surface area contributed by atoms with Crippen LogP contribution in [0.15, 0.2) is 56.4 Å². The smallest absolute Gasteiger partial charge is 0.105 e. The molecular formula is C15H18BrNOS. The van der Waals surface area contributed by atoms with Crippen LogP contribution in [0.5, 0.6) is 0 Å². The van der Waals surface area contributed by atoms with Gasteiger partial charge in [-0.3, -0.25) is 0 Å². The van der Waals surface area contributed by atoms with Gasteiger partial charge < -0.3 is 9.73 Å². The molecule has 102 valence electrons. The van der Waals surface area contributed by atoms with E-state index in [4.69, 9.17) is 4.42 Å². The first kappa shape index (κ1) is 14.7. The Morgan fingerprint density at radius 2 is 2.05 bits per heavy atom. The van der Waals surface area contributed by atoms with Gasteiger partial charge in [-0.2, -0.15) is 0 Å². The maximum absolute atomic E-state index is 5.42. The third kappa shape index (κ3) is 5.05. The van der Waals surface area contributed by atoms with Crippen molar-refractivity contribution in [3.63, 3.8) is 0 Å². The molecule has 0 fully saturated rings. The van der Waals surface area contributed by atoms with Crippen LogP contribution < -0.4 is 5.32 Å². The summed E-state index contributed by atoms with van der Waals surface area (Å²) in [6, 6.07) is 12.9. The van der Waals surface area contributed by atoms with Crippen LogP contribution in [0.25, 0.3) is 0 Å². The minimum atomic E-state index is 0.435. The van der Waals surface area contributed by atoms with Crippen molar-refractivity contribution in [2.24, 2.45) is 0 Å².